The summed E-state index contributed by atoms with van der Waals surface area (Å²) in [5.74, 6) is -0.394. The summed E-state index contributed by atoms with van der Waals surface area (Å²) >= 11 is 0. The van der Waals surface area contributed by atoms with Crippen molar-refractivity contribution < 1.29 is 30.8 Å². The van der Waals surface area contributed by atoms with Crippen LogP contribution in [0.5, 0.6) is 0 Å². The lowest BCUT2D eigenvalue weighted by atomic mass is 10.2. The fourth-order valence-electron chi connectivity index (χ4n) is 3.28. The van der Waals surface area contributed by atoms with E-state index in [1.54, 1.807) is 4.90 Å². The summed E-state index contributed by atoms with van der Waals surface area (Å²) in [6.07, 6.45) is -3.13. The number of alkyl halides is 3. The van der Waals surface area contributed by atoms with Gasteiger partial charge in [-0.1, -0.05) is 0 Å². The number of rotatable bonds is 6. The largest absolute Gasteiger partial charge is 0.417 e. The first-order chi connectivity index (χ1) is 15.1. The van der Waals surface area contributed by atoms with E-state index < -0.39 is 27.6 Å². The van der Waals surface area contributed by atoms with Crippen molar-refractivity contribution >= 4 is 21.7 Å². The zero-order chi connectivity index (χ0) is 23.4. The van der Waals surface area contributed by atoms with Crippen molar-refractivity contribution in [2.24, 2.45) is 0 Å². The molecule has 1 aromatic heterocycles. The van der Waals surface area contributed by atoms with Crippen LogP contribution in [0.2, 0.25) is 0 Å². The van der Waals surface area contributed by atoms with E-state index in [4.69, 9.17) is 0 Å². The number of aromatic nitrogens is 1. The van der Waals surface area contributed by atoms with E-state index in [9.17, 15) is 30.8 Å². The van der Waals surface area contributed by atoms with Crippen molar-refractivity contribution in [2.45, 2.75) is 23.9 Å². The Hall–Kier alpha value is -2.73. The predicted molar refractivity (Wildman–Crippen MR) is 109 cm³/mol. The van der Waals surface area contributed by atoms with Gasteiger partial charge in [-0.15, -0.1) is 0 Å². The summed E-state index contributed by atoms with van der Waals surface area (Å²) in [5, 5.41) is 0. The average molecular weight is 474 g/mol. The van der Waals surface area contributed by atoms with Gasteiger partial charge in [0.1, 0.15) is 11.6 Å². The highest BCUT2D eigenvalue weighted by Crippen LogP contribution is 2.29. The van der Waals surface area contributed by atoms with Crippen LogP contribution >= 0.6 is 0 Å². The molecule has 0 radical (unpaired) electrons. The quantitative estimate of drug-likeness (QED) is 0.651. The van der Waals surface area contributed by atoms with Crippen molar-refractivity contribution in [2.75, 3.05) is 37.6 Å². The molecule has 7 nitrogen and oxygen atoms in total. The summed E-state index contributed by atoms with van der Waals surface area (Å²) < 4.78 is 77.8. The highest BCUT2D eigenvalue weighted by molar-refractivity contribution is 7.89. The number of anilines is 1. The van der Waals surface area contributed by atoms with Crippen LogP contribution in [0.25, 0.3) is 0 Å². The lowest BCUT2D eigenvalue weighted by Crippen LogP contribution is -2.37. The lowest BCUT2D eigenvalue weighted by Gasteiger charge is -2.23. The van der Waals surface area contributed by atoms with Crippen LogP contribution in [-0.2, 0) is 21.0 Å². The van der Waals surface area contributed by atoms with Gasteiger partial charge in [0, 0.05) is 45.3 Å². The van der Waals surface area contributed by atoms with E-state index >= 15 is 0 Å². The smallest absolute Gasteiger partial charge is 0.355 e. The molecule has 1 saturated heterocycles. The Kier molecular flexibility index (Phi) is 7.34. The molecule has 0 saturated carbocycles. The number of nitrogens with zero attached hydrogens (tertiary/aromatic N) is 3. The Balaban J connectivity index is 1.50. The molecule has 1 fully saturated rings. The molecule has 0 atom stereocenters. The maximum absolute atomic E-state index is 13.0. The van der Waals surface area contributed by atoms with Gasteiger partial charge >= 0.3 is 6.18 Å². The summed E-state index contributed by atoms with van der Waals surface area (Å²) in [6.45, 7) is 1.59. The van der Waals surface area contributed by atoms with Crippen LogP contribution in [0.15, 0.2) is 47.5 Å². The average Bonchev–Trinajstić information content (AvgIpc) is 3.00. The number of carbonyl (C=O) groups excluding carboxylic acids is 1. The molecular weight excluding hydrogens is 452 g/mol. The molecule has 12 heteroatoms. The molecule has 1 amide bonds. The maximum atomic E-state index is 13.0. The van der Waals surface area contributed by atoms with Crippen molar-refractivity contribution in [3.8, 4) is 0 Å². The molecule has 1 aromatic carbocycles. The zero-order valence-electron chi connectivity index (χ0n) is 17.0. The molecule has 0 aliphatic carbocycles. The van der Waals surface area contributed by atoms with E-state index in [1.165, 1.54) is 6.07 Å². The second-order valence-electron chi connectivity index (χ2n) is 7.23. The van der Waals surface area contributed by atoms with Gasteiger partial charge in [0.15, 0.2) is 0 Å². The molecule has 0 bridgehead atoms. The van der Waals surface area contributed by atoms with Crippen molar-refractivity contribution in [1.29, 1.82) is 0 Å². The van der Waals surface area contributed by atoms with Crippen LogP contribution < -0.4 is 9.62 Å². The molecule has 1 aliphatic rings. The Labute approximate surface area is 183 Å². The summed E-state index contributed by atoms with van der Waals surface area (Å²) in [6, 6.07) is 6.63. The van der Waals surface area contributed by atoms with Crippen LogP contribution in [0.4, 0.5) is 23.4 Å². The number of carbonyl (C=O) groups is 1. The first-order valence-electron chi connectivity index (χ1n) is 9.87. The minimum Gasteiger partial charge on any atom is -0.355 e. The first kappa shape index (κ1) is 23.9. The number of benzene rings is 1. The minimum absolute atomic E-state index is 0.0566. The molecular formula is C20H22F4N4O3S. The van der Waals surface area contributed by atoms with Crippen molar-refractivity contribution in [1.82, 2.24) is 14.6 Å². The van der Waals surface area contributed by atoms with E-state index in [0.29, 0.717) is 38.4 Å². The summed E-state index contributed by atoms with van der Waals surface area (Å²) in [4.78, 5) is 19.7. The monoisotopic (exact) mass is 474 g/mol. The van der Waals surface area contributed by atoms with E-state index in [0.717, 1.165) is 36.5 Å². The molecule has 0 unspecified atom stereocenters. The van der Waals surface area contributed by atoms with Crippen molar-refractivity contribution in [3.63, 3.8) is 0 Å². The number of amides is 1. The van der Waals surface area contributed by atoms with Gasteiger partial charge in [0.05, 0.1) is 10.5 Å². The number of sulfonamides is 1. The SMILES string of the molecule is O=C(CCNS(=O)(=O)c1ccc(F)cc1)N1CCCN(c2ccc(C(F)(F)F)cn2)CC1. The second-order valence-corrected chi connectivity index (χ2v) is 8.99. The molecule has 2 heterocycles. The topological polar surface area (TPSA) is 82.6 Å². The Morgan fingerprint density at radius 3 is 2.38 bits per heavy atom. The Morgan fingerprint density at radius 2 is 1.75 bits per heavy atom. The second kappa shape index (κ2) is 9.82. The van der Waals surface area contributed by atoms with Gasteiger partial charge in [-0.25, -0.2) is 22.5 Å². The van der Waals surface area contributed by atoms with Crippen LogP contribution in [0.3, 0.4) is 0 Å². The standard InChI is InChI=1S/C20H22F4N4O3S/c21-16-3-5-17(6-4-16)32(30,31)26-9-8-19(29)28-11-1-10-27(12-13-28)18-7-2-15(14-25-18)20(22,23)24/h2-7,14,26H,1,8-13H2. The van der Waals surface area contributed by atoms with Gasteiger partial charge in [-0.05, 0) is 42.8 Å². The third-order valence-corrected chi connectivity index (χ3v) is 6.48. The van der Waals surface area contributed by atoms with Crippen LogP contribution in [0, 0.1) is 5.82 Å². The van der Waals surface area contributed by atoms with Crippen molar-refractivity contribution in [3.05, 3.63) is 54.0 Å². The molecule has 32 heavy (non-hydrogen) atoms. The van der Waals surface area contributed by atoms with Crippen LogP contribution in [-0.4, -0.2) is 56.9 Å². The van der Waals surface area contributed by atoms with E-state index in [1.807, 2.05) is 4.90 Å². The molecule has 174 valence electrons. The number of hydrogen-bond acceptors (Lipinski definition) is 5. The first-order valence-corrected chi connectivity index (χ1v) is 11.4. The van der Waals surface area contributed by atoms with Gasteiger partial charge in [0.2, 0.25) is 15.9 Å². The van der Waals surface area contributed by atoms with E-state index in [-0.39, 0.29) is 23.8 Å². The Morgan fingerprint density at radius 1 is 1.03 bits per heavy atom. The molecule has 2 aromatic rings. The zero-order valence-corrected chi connectivity index (χ0v) is 17.8. The summed E-state index contributed by atoms with van der Waals surface area (Å²) in [5.41, 5.74) is -0.823. The van der Waals surface area contributed by atoms with E-state index in [2.05, 4.69) is 9.71 Å². The normalized spacial score (nSPS) is 15.5. The van der Waals surface area contributed by atoms with Gasteiger partial charge < -0.3 is 9.80 Å². The molecule has 1 aliphatic heterocycles. The van der Waals surface area contributed by atoms with Gasteiger partial charge in [0.25, 0.3) is 0 Å². The van der Waals surface area contributed by atoms with Gasteiger partial charge in [-0.3, -0.25) is 4.79 Å². The number of hydrogen-bond donors (Lipinski definition) is 1. The lowest BCUT2D eigenvalue weighted by molar-refractivity contribution is -0.137. The third kappa shape index (κ3) is 6.16. The fraction of sp³-hybridized carbons (Fsp3) is 0.400. The highest BCUT2D eigenvalue weighted by Gasteiger charge is 2.31. The number of pyridine rings is 1. The van der Waals surface area contributed by atoms with Gasteiger partial charge in [-0.2, -0.15) is 13.2 Å². The Bertz CT molecular complexity index is 1030. The molecule has 0 spiro atoms. The van der Waals surface area contributed by atoms with Crippen LogP contribution in [0.1, 0.15) is 18.4 Å². The third-order valence-electron chi connectivity index (χ3n) is 5.00. The maximum Gasteiger partial charge on any atom is 0.417 e. The molecule has 3 rings (SSSR count). The number of halogens is 4. The molecule has 1 N–H and O–H groups in total. The fourth-order valence-corrected chi connectivity index (χ4v) is 4.32. The predicted octanol–water partition coefficient (Wildman–Crippen LogP) is 2.65. The summed E-state index contributed by atoms with van der Waals surface area (Å²) in [7, 11) is -3.85. The number of nitrogens with one attached hydrogen (secondary N) is 1. The highest BCUT2D eigenvalue weighted by atomic mass is 32.2. The minimum atomic E-state index is -4.45.